The lowest BCUT2D eigenvalue weighted by molar-refractivity contribution is 0.128. The van der Waals surface area contributed by atoms with Crippen LogP contribution in [0.25, 0.3) is 0 Å². The molecule has 3 nitrogen and oxygen atoms in total. The first-order valence-electron chi connectivity index (χ1n) is 6.46. The molecule has 0 aromatic carbocycles. The highest BCUT2D eigenvalue weighted by Gasteiger charge is 2.09. The van der Waals surface area contributed by atoms with Crippen LogP contribution in [-0.4, -0.2) is 24.7 Å². The average molecular weight is 256 g/mol. The van der Waals surface area contributed by atoms with Gasteiger partial charge >= 0.3 is 0 Å². The van der Waals surface area contributed by atoms with Gasteiger partial charge < -0.3 is 10.1 Å². The number of aromatic nitrogens is 1. The van der Waals surface area contributed by atoms with Crippen molar-refractivity contribution >= 4 is 11.3 Å². The van der Waals surface area contributed by atoms with Crippen molar-refractivity contribution in [1.82, 2.24) is 10.3 Å². The van der Waals surface area contributed by atoms with E-state index in [1.165, 1.54) is 17.7 Å². The van der Waals surface area contributed by atoms with Gasteiger partial charge in [-0.25, -0.2) is 4.98 Å². The lowest BCUT2D eigenvalue weighted by Crippen LogP contribution is -2.20. The highest BCUT2D eigenvalue weighted by molar-refractivity contribution is 7.09. The van der Waals surface area contributed by atoms with Gasteiger partial charge in [-0.1, -0.05) is 13.3 Å². The summed E-state index contributed by atoms with van der Waals surface area (Å²) in [5, 5.41) is 3.51. The van der Waals surface area contributed by atoms with Gasteiger partial charge in [-0.05, 0) is 33.2 Å². The fourth-order valence-electron chi connectivity index (χ4n) is 1.66. The average Bonchev–Trinajstić information content (AvgIpc) is 2.74. The van der Waals surface area contributed by atoms with E-state index >= 15 is 0 Å². The van der Waals surface area contributed by atoms with Crippen LogP contribution in [0.3, 0.4) is 0 Å². The number of nitrogens with one attached hydrogen (secondary N) is 1. The lowest BCUT2D eigenvalue weighted by atomic mass is 10.2. The zero-order valence-corrected chi connectivity index (χ0v) is 12.0. The molecule has 0 radical (unpaired) electrons. The third kappa shape index (κ3) is 5.61. The molecule has 1 unspecified atom stereocenters. The molecule has 0 bridgehead atoms. The smallest absolute Gasteiger partial charge is 0.0798 e. The van der Waals surface area contributed by atoms with Gasteiger partial charge in [0.05, 0.1) is 11.2 Å². The van der Waals surface area contributed by atoms with Crippen molar-refractivity contribution in [3.63, 3.8) is 0 Å². The van der Waals surface area contributed by atoms with Crippen LogP contribution in [0.5, 0.6) is 0 Å². The van der Waals surface area contributed by atoms with E-state index in [2.05, 4.69) is 31.1 Å². The van der Waals surface area contributed by atoms with Crippen LogP contribution >= 0.6 is 11.3 Å². The van der Waals surface area contributed by atoms with Gasteiger partial charge in [0.15, 0.2) is 0 Å². The van der Waals surface area contributed by atoms with E-state index in [1.807, 2.05) is 5.51 Å². The summed E-state index contributed by atoms with van der Waals surface area (Å²) in [6, 6.07) is 0.401. The van der Waals surface area contributed by atoms with E-state index in [1.54, 1.807) is 11.3 Å². The van der Waals surface area contributed by atoms with Gasteiger partial charge in [-0.2, -0.15) is 0 Å². The second kappa shape index (κ2) is 8.61. The Hall–Kier alpha value is -0.450. The molecule has 0 saturated heterocycles. The van der Waals surface area contributed by atoms with E-state index in [4.69, 9.17) is 4.74 Å². The molecule has 1 N–H and O–H groups in total. The summed E-state index contributed by atoms with van der Waals surface area (Å²) in [7, 11) is 0. The van der Waals surface area contributed by atoms with Crippen molar-refractivity contribution in [3.8, 4) is 0 Å². The molecule has 0 spiro atoms. The Morgan fingerprint density at radius 1 is 1.41 bits per heavy atom. The summed E-state index contributed by atoms with van der Waals surface area (Å²) in [5.41, 5.74) is 3.06. The lowest BCUT2D eigenvalue weighted by Gasteiger charge is -2.12. The van der Waals surface area contributed by atoms with E-state index in [9.17, 15) is 0 Å². The summed E-state index contributed by atoms with van der Waals surface area (Å²) in [4.78, 5) is 5.61. The highest BCUT2D eigenvalue weighted by Crippen LogP contribution is 2.20. The maximum absolute atomic E-state index is 5.52. The quantitative estimate of drug-likeness (QED) is 0.688. The summed E-state index contributed by atoms with van der Waals surface area (Å²) >= 11 is 1.73. The molecule has 0 aliphatic heterocycles. The number of thiazole rings is 1. The first kappa shape index (κ1) is 14.6. The minimum absolute atomic E-state index is 0.401. The van der Waals surface area contributed by atoms with Crippen LogP contribution in [0.2, 0.25) is 0 Å². The number of unbranched alkanes of at least 4 members (excludes halogenated alkanes) is 1. The third-order valence-corrected chi connectivity index (χ3v) is 3.85. The van der Waals surface area contributed by atoms with E-state index in [0.717, 1.165) is 31.9 Å². The van der Waals surface area contributed by atoms with Gasteiger partial charge in [0, 0.05) is 24.1 Å². The number of hydrogen-bond donors (Lipinski definition) is 1. The molecule has 1 aromatic heterocycles. The van der Waals surface area contributed by atoms with Gasteiger partial charge in [0.2, 0.25) is 0 Å². The van der Waals surface area contributed by atoms with Gasteiger partial charge in [0.1, 0.15) is 0 Å². The van der Waals surface area contributed by atoms with Crippen molar-refractivity contribution in [2.24, 2.45) is 0 Å². The maximum atomic E-state index is 5.52. The Morgan fingerprint density at radius 2 is 2.18 bits per heavy atom. The predicted molar refractivity (Wildman–Crippen MR) is 73.6 cm³/mol. The summed E-state index contributed by atoms with van der Waals surface area (Å²) in [6.45, 7) is 9.21. The number of aryl methyl sites for hydroxylation is 1. The largest absolute Gasteiger partial charge is 0.381 e. The molecule has 0 aliphatic carbocycles. The van der Waals surface area contributed by atoms with Crippen LogP contribution in [0.4, 0.5) is 0 Å². The molecule has 1 rings (SSSR count). The molecule has 4 heteroatoms. The Labute approximate surface area is 109 Å². The molecule has 17 heavy (non-hydrogen) atoms. The number of nitrogens with zero attached hydrogens (tertiary/aromatic N) is 1. The minimum atomic E-state index is 0.401. The molecular formula is C13H24N2OS. The zero-order chi connectivity index (χ0) is 12.5. The molecule has 0 amide bonds. The normalized spacial score (nSPS) is 12.9. The Bertz CT molecular complexity index is 301. The molecule has 0 saturated carbocycles. The van der Waals surface area contributed by atoms with Crippen LogP contribution < -0.4 is 5.32 Å². The second-order valence-corrected chi connectivity index (χ2v) is 5.18. The number of hydrogen-bond acceptors (Lipinski definition) is 4. The monoisotopic (exact) mass is 256 g/mol. The molecule has 0 fully saturated rings. The van der Waals surface area contributed by atoms with Gasteiger partial charge in [0.25, 0.3) is 0 Å². The third-order valence-electron chi connectivity index (χ3n) is 2.73. The van der Waals surface area contributed by atoms with Crippen molar-refractivity contribution < 1.29 is 4.74 Å². The summed E-state index contributed by atoms with van der Waals surface area (Å²) in [5.74, 6) is 0. The molecular weight excluding hydrogens is 232 g/mol. The molecule has 1 atom stereocenters. The van der Waals surface area contributed by atoms with E-state index in [0.29, 0.717) is 6.04 Å². The molecule has 1 aromatic rings. The summed E-state index contributed by atoms with van der Waals surface area (Å²) < 4.78 is 5.52. The van der Waals surface area contributed by atoms with Crippen LogP contribution in [-0.2, 0) is 4.74 Å². The predicted octanol–water partition coefficient (Wildman–Crippen LogP) is 3.31. The first-order chi connectivity index (χ1) is 8.25. The molecule has 1 heterocycles. The Balaban J connectivity index is 2.05. The second-order valence-electron chi connectivity index (χ2n) is 4.30. The highest BCUT2D eigenvalue weighted by atomic mass is 32.1. The Kier molecular flexibility index (Phi) is 7.40. The van der Waals surface area contributed by atoms with Crippen molar-refractivity contribution in [2.75, 3.05) is 19.8 Å². The van der Waals surface area contributed by atoms with Crippen molar-refractivity contribution in [1.29, 1.82) is 0 Å². The van der Waals surface area contributed by atoms with Crippen LogP contribution in [0, 0.1) is 6.92 Å². The van der Waals surface area contributed by atoms with Crippen molar-refractivity contribution in [3.05, 3.63) is 16.1 Å². The van der Waals surface area contributed by atoms with Crippen molar-refractivity contribution in [2.45, 2.75) is 46.1 Å². The minimum Gasteiger partial charge on any atom is -0.381 e. The maximum Gasteiger partial charge on any atom is 0.0798 e. The van der Waals surface area contributed by atoms with Gasteiger partial charge in [-0.15, -0.1) is 11.3 Å². The standard InChI is InChI=1S/C13H24N2OS/c1-4-5-8-16-9-6-7-14-11(2)13-12(3)15-10-17-13/h10-11,14H,4-9H2,1-3H3. The van der Waals surface area contributed by atoms with Crippen LogP contribution in [0.1, 0.15) is 49.7 Å². The topological polar surface area (TPSA) is 34.1 Å². The molecule has 0 aliphatic rings. The number of ether oxygens (including phenoxy) is 1. The SMILES string of the molecule is CCCCOCCCNC(C)c1scnc1C. The van der Waals surface area contributed by atoms with E-state index < -0.39 is 0 Å². The number of rotatable bonds is 9. The Morgan fingerprint density at radius 3 is 2.82 bits per heavy atom. The zero-order valence-electron chi connectivity index (χ0n) is 11.2. The van der Waals surface area contributed by atoms with Crippen LogP contribution in [0.15, 0.2) is 5.51 Å². The summed E-state index contributed by atoms with van der Waals surface area (Å²) in [6.07, 6.45) is 3.45. The fraction of sp³-hybridized carbons (Fsp3) is 0.769. The molecule has 98 valence electrons. The van der Waals surface area contributed by atoms with E-state index in [-0.39, 0.29) is 0 Å². The van der Waals surface area contributed by atoms with Gasteiger partial charge in [-0.3, -0.25) is 0 Å². The first-order valence-corrected chi connectivity index (χ1v) is 7.34. The fourth-order valence-corrected chi connectivity index (χ4v) is 2.50.